The zero-order valence-corrected chi connectivity index (χ0v) is 7.48. The molecule has 0 spiro atoms. The number of hydrogen-bond donors (Lipinski definition) is 1. The van der Waals surface area contributed by atoms with Gasteiger partial charge in [-0.3, -0.25) is 0 Å². The fraction of sp³-hybridized carbons (Fsp3) is 0.143. The monoisotopic (exact) mass is 204 g/mol. The van der Waals surface area contributed by atoms with Crippen LogP contribution in [0.15, 0.2) is 23.5 Å². The fourth-order valence-electron chi connectivity index (χ4n) is 0.819. The Morgan fingerprint density at radius 3 is 2.92 bits per heavy atom. The van der Waals surface area contributed by atoms with Crippen LogP contribution in [0.1, 0.15) is 6.42 Å². The molecular weight excluding hydrogens is 200 g/mol. The molecule has 0 aromatic rings. The summed E-state index contributed by atoms with van der Waals surface area (Å²) in [6, 6.07) is 0. The summed E-state index contributed by atoms with van der Waals surface area (Å²) in [4.78, 5) is 11.4. The van der Waals surface area contributed by atoms with Crippen LogP contribution in [0.2, 0.25) is 0 Å². The van der Waals surface area contributed by atoms with Gasteiger partial charge < -0.3 is 9.40 Å². The normalized spacial score (nSPS) is 16.6. The van der Waals surface area contributed by atoms with E-state index in [2.05, 4.69) is 4.29 Å². The molecule has 1 rings (SSSR count). The van der Waals surface area contributed by atoms with Crippen LogP contribution in [0.25, 0.3) is 0 Å². The quantitative estimate of drug-likeness (QED) is 0.662. The van der Waals surface area contributed by atoms with Gasteiger partial charge in [0.05, 0.1) is 5.57 Å². The van der Waals surface area contributed by atoms with Crippen LogP contribution >= 0.6 is 24.1 Å². The second kappa shape index (κ2) is 3.69. The number of allylic oxidation sites excluding steroid dienone is 2. The molecule has 1 N–H and O–H groups in total. The Labute approximate surface area is 79.4 Å². The van der Waals surface area contributed by atoms with Crippen LogP contribution in [-0.4, -0.2) is 15.9 Å². The van der Waals surface area contributed by atoms with Crippen molar-refractivity contribution in [1.82, 2.24) is 0 Å². The van der Waals surface area contributed by atoms with Crippen LogP contribution in [0, 0.1) is 0 Å². The highest BCUT2D eigenvalue weighted by Crippen LogP contribution is 2.17. The second-order valence-corrected chi connectivity index (χ2v) is 2.88. The molecule has 0 amide bonds. The molecule has 0 unspecified atom stereocenters. The van der Waals surface area contributed by atoms with Gasteiger partial charge in [-0.05, 0) is 12.2 Å². The second-order valence-electron chi connectivity index (χ2n) is 2.20. The molecule has 5 heteroatoms. The predicted molar refractivity (Wildman–Crippen MR) is 48.0 cm³/mol. The SMILES string of the molecule is O=C(OCl)C1=C(O)C=CC(=S)C1. The topological polar surface area (TPSA) is 46.5 Å². The van der Waals surface area contributed by atoms with Crippen molar-refractivity contribution in [3.05, 3.63) is 23.5 Å². The predicted octanol–water partition coefficient (Wildman–Crippen LogP) is 1.83. The van der Waals surface area contributed by atoms with E-state index in [4.69, 9.17) is 29.2 Å². The first-order valence-corrected chi connectivity index (χ1v) is 3.82. The van der Waals surface area contributed by atoms with Crippen molar-refractivity contribution in [2.45, 2.75) is 6.42 Å². The van der Waals surface area contributed by atoms with Crippen LogP contribution in [0.4, 0.5) is 0 Å². The van der Waals surface area contributed by atoms with E-state index in [1.54, 1.807) is 6.08 Å². The largest absolute Gasteiger partial charge is 0.507 e. The highest BCUT2D eigenvalue weighted by atomic mass is 35.5. The van der Waals surface area contributed by atoms with Crippen LogP contribution in [0.5, 0.6) is 0 Å². The highest BCUT2D eigenvalue weighted by Gasteiger charge is 2.19. The van der Waals surface area contributed by atoms with Gasteiger partial charge in [-0.1, -0.05) is 12.2 Å². The van der Waals surface area contributed by atoms with Crippen molar-refractivity contribution in [3.63, 3.8) is 0 Å². The summed E-state index contributed by atoms with van der Waals surface area (Å²) < 4.78 is 3.93. The summed E-state index contributed by atoms with van der Waals surface area (Å²) in [5, 5.41) is 9.16. The lowest BCUT2D eigenvalue weighted by Crippen LogP contribution is -2.11. The summed E-state index contributed by atoms with van der Waals surface area (Å²) in [5.41, 5.74) is 0.0949. The Kier molecular flexibility index (Phi) is 2.83. The van der Waals surface area contributed by atoms with Crippen LogP contribution in [-0.2, 0) is 9.08 Å². The first-order chi connectivity index (χ1) is 5.65. The maximum absolute atomic E-state index is 10.9. The molecule has 1 aliphatic carbocycles. The van der Waals surface area contributed by atoms with Gasteiger partial charge in [0.15, 0.2) is 0 Å². The fourth-order valence-corrected chi connectivity index (χ4v) is 1.13. The molecule has 0 heterocycles. The van der Waals surface area contributed by atoms with Gasteiger partial charge in [-0.15, -0.1) is 0 Å². The number of carbonyl (C=O) groups is 1. The van der Waals surface area contributed by atoms with E-state index in [1.165, 1.54) is 6.08 Å². The minimum Gasteiger partial charge on any atom is -0.507 e. The van der Waals surface area contributed by atoms with Crippen molar-refractivity contribution in [1.29, 1.82) is 0 Å². The van der Waals surface area contributed by atoms with Crippen LogP contribution < -0.4 is 0 Å². The Morgan fingerprint density at radius 1 is 1.67 bits per heavy atom. The minimum absolute atomic E-state index is 0.0949. The number of halogens is 1. The van der Waals surface area contributed by atoms with E-state index in [1.807, 2.05) is 0 Å². The number of thiocarbonyl (C=S) groups is 1. The zero-order chi connectivity index (χ0) is 9.14. The Balaban J connectivity index is 2.93. The minimum atomic E-state index is -0.763. The number of aliphatic hydroxyl groups is 1. The smallest absolute Gasteiger partial charge is 0.356 e. The van der Waals surface area contributed by atoms with E-state index < -0.39 is 5.97 Å². The lowest BCUT2D eigenvalue weighted by atomic mass is 10.0. The van der Waals surface area contributed by atoms with Gasteiger partial charge in [-0.25, -0.2) is 4.79 Å². The van der Waals surface area contributed by atoms with E-state index in [-0.39, 0.29) is 17.8 Å². The van der Waals surface area contributed by atoms with Crippen LogP contribution in [0.3, 0.4) is 0 Å². The summed E-state index contributed by atoms with van der Waals surface area (Å²) in [5.74, 6) is -0.907. The molecule has 0 atom stereocenters. The van der Waals surface area contributed by atoms with Crippen molar-refractivity contribution in [2.75, 3.05) is 0 Å². The Morgan fingerprint density at radius 2 is 2.33 bits per heavy atom. The summed E-state index contributed by atoms with van der Waals surface area (Å²) in [6.07, 6.45) is 3.09. The average molecular weight is 205 g/mol. The number of carbonyl (C=O) groups excluding carboxylic acids is 1. The molecule has 0 fully saturated rings. The third-order valence-electron chi connectivity index (χ3n) is 1.40. The van der Waals surface area contributed by atoms with Gasteiger partial charge in [0.25, 0.3) is 0 Å². The molecular formula is C7H5ClO3S. The van der Waals surface area contributed by atoms with Gasteiger partial charge in [0, 0.05) is 11.3 Å². The van der Waals surface area contributed by atoms with E-state index in [0.717, 1.165) is 0 Å². The van der Waals surface area contributed by atoms with E-state index in [0.29, 0.717) is 4.86 Å². The third-order valence-corrected chi connectivity index (χ3v) is 1.82. The highest BCUT2D eigenvalue weighted by molar-refractivity contribution is 7.80. The first kappa shape index (κ1) is 9.22. The van der Waals surface area contributed by atoms with Crippen molar-refractivity contribution >= 4 is 34.9 Å². The van der Waals surface area contributed by atoms with E-state index >= 15 is 0 Å². The Hall–Kier alpha value is -0.870. The first-order valence-electron chi connectivity index (χ1n) is 3.11. The maximum Gasteiger partial charge on any atom is 0.356 e. The summed E-state index contributed by atoms with van der Waals surface area (Å²) in [6.45, 7) is 0. The van der Waals surface area contributed by atoms with Gasteiger partial charge in [-0.2, -0.15) is 0 Å². The van der Waals surface area contributed by atoms with Gasteiger partial charge in [0.1, 0.15) is 17.6 Å². The van der Waals surface area contributed by atoms with Crippen molar-refractivity contribution in [2.24, 2.45) is 0 Å². The molecule has 12 heavy (non-hydrogen) atoms. The summed E-state index contributed by atoms with van der Waals surface area (Å²) in [7, 11) is 0. The standard InChI is InChI=1S/C7H5ClO3S/c8-11-7(10)5-3-4(12)1-2-6(5)9/h1-2,9H,3H2. The average Bonchev–Trinajstić information content (AvgIpc) is 2.08. The molecule has 0 radical (unpaired) electrons. The molecule has 1 aliphatic rings. The van der Waals surface area contributed by atoms with Crippen molar-refractivity contribution < 1.29 is 14.2 Å². The zero-order valence-electron chi connectivity index (χ0n) is 5.91. The molecule has 0 saturated heterocycles. The maximum atomic E-state index is 10.9. The number of hydrogen-bond acceptors (Lipinski definition) is 4. The summed E-state index contributed by atoms with van der Waals surface area (Å²) >= 11 is 9.66. The van der Waals surface area contributed by atoms with Gasteiger partial charge in [0.2, 0.25) is 0 Å². The molecule has 0 aromatic carbocycles. The lowest BCUT2D eigenvalue weighted by molar-refractivity contribution is -0.129. The molecule has 0 aromatic heterocycles. The van der Waals surface area contributed by atoms with Gasteiger partial charge >= 0.3 is 5.97 Å². The molecule has 0 bridgehead atoms. The molecule has 3 nitrogen and oxygen atoms in total. The third kappa shape index (κ3) is 1.84. The molecule has 0 saturated carbocycles. The lowest BCUT2D eigenvalue weighted by Gasteiger charge is -2.08. The molecule has 64 valence electrons. The van der Waals surface area contributed by atoms with E-state index in [9.17, 15) is 4.79 Å². The Bertz CT molecular complexity index is 293. The number of rotatable bonds is 1. The van der Waals surface area contributed by atoms with Crippen molar-refractivity contribution in [3.8, 4) is 0 Å². The molecule has 0 aliphatic heterocycles. The number of aliphatic hydroxyl groups excluding tert-OH is 1.